The lowest BCUT2D eigenvalue weighted by Crippen LogP contribution is -2.13. The van der Waals surface area contributed by atoms with E-state index in [1.165, 1.54) is 12.1 Å². The van der Waals surface area contributed by atoms with Crippen molar-refractivity contribution in [3.8, 4) is 0 Å². The number of nitrogens with two attached hydrogens (primary N) is 1. The molecule has 0 aliphatic carbocycles. The monoisotopic (exact) mass is 269 g/mol. The predicted molar refractivity (Wildman–Crippen MR) is 70.7 cm³/mol. The Bertz CT molecular complexity index is 482. The van der Waals surface area contributed by atoms with Gasteiger partial charge in [0.1, 0.15) is 11.6 Å². The molecule has 2 aromatic carbocycles. The first-order chi connectivity index (χ1) is 8.15. The molecule has 1 nitrogen and oxygen atoms in total. The van der Waals surface area contributed by atoms with Gasteiger partial charge in [0.25, 0.3) is 0 Å². The summed E-state index contributed by atoms with van der Waals surface area (Å²) < 4.78 is 26.0. The van der Waals surface area contributed by atoms with Gasteiger partial charge in [0.2, 0.25) is 0 Å². The van der Waals surface area contributed by atoms with E-state index < -0.39 is 11.6 Å². The van der Waals surface area contributed by atoms with Crippen molar-refractivity contribution in [2.75, 3.05) is 0 Å². The molecular formula is C14H14ClF2N. The Morgan fingerprint density at radius 2 is 1.50 bits per heavy atom. The third-order valence-corrected chi connectivity index (χ3v) is 2.61. The molecule has 0 saturated heterocycles. The van der Waals surface area contributed by atoms with Crippen molar-refractivity contribution >= 4 is 12.4 Å². The van der Waals surface area contributed by atoms with E-state index in [0.29, 0.717) is 12.0 Å². The maximum atomic E-state index is 13.0. The Morgan fingerprint density at radius 3 is 2.06 bits per heavy atom. The van der Waals surface area contributed by atoms with E-state index in [-0.39, 0.29) is 18.4 Å². The largest absolute Gasteiger partial charge is 0.324 e. The molecule has 2 N–H and O–H groups in total. The number of rotatable bonds is 3. The third-order valence-electron chi connectivity index (χ3n) is 2.61. The van der Waals surface area contributed by atoms with Crippen molar-refractivity contribution in [1.82, 2.24) is 0 Å². The van der Waals surface area contributed by atoms with Crippen molar-refractivity contribution in [2.45, 2.75) is 12.5 Å². The third kappa shape index (κ3) is 3.79. The number of hydrogen-bond donors (Lipinski definition) is 1. The molecule has 0 radical (unpaired) electrons. The first-order valence-corrected chi connectivity index (χ1v) is 5.40. The molecule has 18 heavy (non-hydrogen) atoms. The summed E-state index contributed by atoms with van der Waals surface area (Å²) in [6.07, 6.45) is 0.415. The second kappa shape index (κ2) is 6.47. The van der Waals surface area contributed by atoms with Gasteiger partial charge in [-0.2, -0.15) is 0 Å². The van der Waals surface area contributed by atoms with Gasteiger partial charge < -0.3 is 5.73 Å². The maximum Gasteiger partial charge on any atom is 0.126 e. The minimum atomic E-state index is -0.569. The zero-order chi connectivity index (χ0) is 12.3. The molecule has 0 saturated carbocycles. The highest BCUT2D eigenvalue weighted by Gasteiger charge is 2.08. The highest BCUT2D eigenvalue weighted by Crippen LogP contribution is 2.17. The molecule has 0 aromatic heterocycles. The van der Waals surface area contributed by atoms with E-state index in [1.807, 2.05) is 30.3 Å². The van der Waals surface area contributed by atoms with Crippen LogP contribution in [0.2, 0.25) is 0 Å². The van der Waals surface area contributed by atoms with Crippen LogP contribution in [-0.2, 0) is 6.42 Å². The summed E-state index contributed by atoms with van der Waals surface area (Å²) in [5.41, 5.74) is 7.51. The maximum absolute atomic E-state index is 13.0. The van der Waals surface area contributed by atoms with Crippen LogP contribution in [0.15, 0.2) is 48.5 Å². The molecular weight excluding hydrogens is 256 g/mol. The average Bonchev–Trinajstić information content (AvgIpc) is 2.28. The van der Waals surface area contributed by atoms with Gasteiger partial charge in [0.15, 0.2) is 0 Å². The van der Waals surface area contributed by atoms with E-state index in [2.05, 4.69) is 0 Å². The van der Waals surface area contributed by atoms with Crippen molar-refractivity contribution < 1.29 is 8.78 Å². The molecule has 96 valence electrons. The van der Waals surface area contributed by atoms with Gasteiger partial charge in [0, 0.05) is 12.1 Å². The number of benzene rings is 2. The molecule has 2 aromatic rings. The van der Waals surface area contributed by atoms with E-state index in [0.717, 1.165) is 11.6 Å². The summed E-state index contributed by atoms with van der Waals surface area (Å²) in [5.74, 6) is -1.14. The Morgan fingerprint density at radius 1 is 0.944 bits per heavy atom. The van der Waals surface area contributed by atoms with Crippen LogP contribution in [0.3, 0.4) is 0 Å². The summed E-state index contributed by atoms with van der Waals surface area (Å²) in [6.45, 7) is 0. The highest BCUT2D eigenvalue weighted by atomic mass is 35.5. The van der Waals surface area contributed by atoms with Crippen LogP contribution in [0.25, 0.3) is 0 Å². The highest BCUT2D eigenvalue weighted by molar-refractivity contribution is 5.85. The van der Waals surface area contributed by atoms with Crippen LogP contribution in [0, 0.1) is 11.6 Å². The van der Waals surface area contributed by atoms with Gasteiger partial charge in [-0.3, -0.25) is 0 Å². The molecule has 0 bridgehead atoms. The summed E-state index contributed by atoms with van der Waals surface area (Å²) in [5, 5.41) is 0. The van der Waals surface area contributed by atoms with E-state index in [9.17, 15) is 8.78 Å². The van der Waals surface area contributed by atoms with Crippen molar-refractivity contribution in [3.05, 3.63) is 71.3 Å². The van der Waals surface area contributed by atoms with Crippen LogP contribution in [0.5, 0.6) is 0 Å². The molecule has 2 rings (SSSR count). The predicted octanol–water partition coefficient (Wildman–Crippen LogP) is 3.63. The lowest BCUT2D eigenvalue weighted by atomic mass is 10.00. The van der Waals surface area contributed by atoms with Crippen LogP contribution >= 0.6 is 12.4 Å². The minimum Gasteiger partial charge on any atom is -0.324 e. The number of hydrogen-bond acceptors (Lipinski definition) is 1. The molecule has 1 atom stereocenters. The summed E-state index contributed by atoms with van der Waals surface area (Å²) in [4.78, 5) is 0. The van der Waals surface area contributed by atoms with Gasteiger partial charge in [-0.15, -0.1) is 12.4 Å². The zero-order valence-electron chi connectivity index (χ0n) is 9.64. The van der Waals surface area contributed by atoms with Crippen LogP contribution in [-0.4, -0.2) is 0 Å². The second-order valence-corrected chi connectivity index (χ2v) is 4.00. The SMILES string of the molecule is Cl.NC(Cc1cc(F)cc(F)c1)c1ccccc1. The fourth-order valence-electron chi connectivity index (χ4n) is 1.80. The molecule has 4 heteroatoms. The molecule has 0 spiro atoms. The number of halogens is 3. The van der Waals surface area contributed by atoms with Crippen molar-refractivity contribution in [1.29, 1.82) is 0 Å². The molecule has 0 heterocycles. The quantitative estimate of drug-likeness (QED) is 0.905. The fraction of sp³-hybridized carbons (Fsp3) is 0.143. The topological polar surface area (TPSA) is 26.0 Å². The summed E-state index contributed by atoms with van der Waals surface area (Å²) in [6, 6.07) is 12.7. The van der Waals surface area contributed by atoms with Crippen LogP contribution < -0.4 is 5.73 Å². The molecule has 0 aliphatic rings. The van der Waals surface area contributed by atoms with E-state index >= 15 is 0 Å². The molecule has 1 unspecified atom stereocenters. The van der Waals surface area contributed by atoms with Crippen molar-refractivity contribution in [2.24, 2.45) is 5.73 Å². The lowest BCUT2D eigenvalue weighted by Gasteiger charge is -2.12. The second-order valence-electron chi connectivity index (χ2n) is 4.00. The Kier molecular flexibility index (Phi) is 5.25. The van der Waals surface area contributed by atoms with Gasteiger partial charge in [0.05, 0.1) is 0 Å². The fourth-order valence-corrected chi connectivity index (χ4v) is 1.80. The normalized spacial score (nSPS) is 11.7. The zero-order valence-corrected chi connectivity index (χ0v) is 10.5. The molecule has 0 aliphatic heterocycles. The van der Waals surface area contributed by atoms with E-state index in [4.69, 9.17) is 5.73 Å². The summed E-state index contributed by atoms with van der Waals surface area (Å²) >= 11 is 0. The standard InChI is InChI=1S/C14H13F2N.ClH/c15-12-6-10(7-13(16)9-12)8-14(17)11-4-2-1-3-5-11;/h1-7,9,14H,8,17H2;1H. The first kappa shape index (κ1) is 14.6. The lowest BCUT2D eigenvalue weighted by molar-refractivity contribution is 0.576. The van der Waals surface area contributed by atoms with Gasteiger partial charge >= 0.3 is 0 Å². The molecule has 0 amide bonds. The van der Waals surface area contributed by atoms with Gasteiger partial charge in [-0.25, -0.2) is 8.78 Å². The average molecular weight is 270 g/mol. The minimum absolute atomic E-state index is 0. The Hall–Kier alpha value is -1.45. The summed E-state index contributed by atoms with van der Waals surface area (Å²) in [7, 11) is 0. The van der Waals surface area contributed by atoms with Crippen LogP contribution in [0.1, 0.15) is 17.2 Å². The Labute approximate surface area is 111 Å². The van der Waals surface area contributed by atoms with Gasteiger partial charge in [-0.05, 0) is 29.7 Å². The Balaban J connectivity index is 0.00000162. The molecule has 0 fully saturated rings. The van der Waals surface area contributed by atoms with E-state index in [1.54, 1.807) is 0 Å². The smallest absolute Gasteiger partial charge is 0.126 e. The van der Waals surface area contributed by atoms with Crippen molar-refractivity contribution in [3.63, 3.8) is 0 Å². The van der Waals surface area contributed by atoms with Crippen LogP contribution in [0.4, 0.5) is 8.78 Å². The first-order valence-electron chi connectivity index (χ1n) is 5.40. The van der Waals surface area contributed by atoms with Gasteiger partial charge in [-0.1, -0.05) is 30.3 Å².